The van der Waals surface area contributed by atoms with Crippen LogP contribution in [0.2, 0.25) is 0 Å². The summed E-state index contributed by atoms with van der Waals surface area (Å²) in [5, 5.41) is 3.61. The summed E-state index contributed by atoms with van der Waals surface area (Å²) in [5.74, 6) is 1.94. The summed E-state index contributed by atoms with van der Waals surface area (Å²) in [6.45, 7) is 8.22. The van der Waals surface area contributed by atoms with Gasteiger partial charge in [0.25, 0.3) is 0 Å². The molecule has 0 spiro atoms. The van der Waals surface area contributed by atoms with Crippen LogP contribution in [0.1, 0.15) is 52.9 Å². The Labute approximate surface area is 83.3 Å². The third kappa shape index (κ3) is 3.30. The zero-order chi connectivity index (χ0) is 9.68. The molecule has 0 saturated carbocycles. The van der Waals surface area contributed by atoms with Gasteiger partial charge in [-0.05, 0) is 38.1 Å². The van der Waals surface area contributed by atoms with Gasteiger partial charge in [0.15, 0.2) is 0 Å². The van der Waals surface area contributed by atoms with Gasteiger partial charge in [-0.15, -0.1) is 0 Å². The second-order valence-corrected chi connectivity index (χ2v) is 4.60. The van der Waals surface area contributed by atoms with Gasteiger partial charge in [0.1, 0.15) is 0 Å². The first-order valence-corrected chi connectivity index (χ1v) is 6.01. The van der Waals surface area contributed by atoms with E-state index in [1.165, 1.54) is 38.6 Å². The van der Waals surface area contributed by atoms with E-state index in [9.17, 15) is 0 Å². The Bertz CT molecular complexity index is 125. The van der Waals surface area contributed by atoms with Crippen LogP contribution in [-0.2, 0) is 0 Å². The van der Waals surface area contributed by atoms with Crippen molar-refractivity contribution in [2.45, 2.75) is 58.9 Å². The fraction of sp³-hybridized carbons (Fsp3) is 1.00. The highest BCUT2D eigenvalue weighted by Gasteiger charge is 2.23. The molecular weight excluding hydrogens is 158 g/mol. The fourth-order valence-electron chi connectivity index (χ4n) is 2.57. The number of hydrogen-bond donors (Lipinski definition) is 1. The quantitative estimate of drug-likeness (QED) is 0.706. The van der Waals surface area contributed by atoms with E-state index in [1.54, 1.807) is 0 Å². The molecule has 0 aromatic carbocycles. The lowest BCUT2D eigenvalue weighted by molar-refractivity contribution is 0.220. The predicted molar refractivity (Wildman–Crippen MR) is 58.9 cm³/mol. The lowest BCUT2D eigenvalue weighted by Crippen LogP contribution is -2.39. The van der Waals surface area contributed by atoms with E-state index in [2.05, 4.69) is 26.1 Å². The van der Waals surface area contributed by atoms with E-state index in [4.69, 9.17) is 0 Å². The molecule has 1 aliphatic heterocycles. The van der Waals surface area contributed by atoms with Crippen molar-refractivity contribution >= 4 is 0 Å². The van der Waals surface area contributed by atoms with Gasteiger partial charge < -0.3 is 5.32 Å². The molecule has 0 bridgehead atoms. The second kappa shape index (κ2) is 5.64. The number of nitrogens with one attached hydrogen (secondary N) is 1. The highest BCUT2D eigenvalue weighted by Crippen LogP contribution is 2.27. The Morgan fingerprint density at radius 3 is 2.54 bits per heavy atom. The molecule has 2 unspecified atom stereocenters. The fourth-order valence-corrected chi connectivity index (χ4v) is 2.57. The zero-order valence-corrected chi connectivity index (χ0v) is 9.47. The molecular formula is C12H25N. The van der Waals surface area contributed by atoms with Crippen molar-refractivity contribution in [1.82, 2.24) is 5.32 Å². The Morgan fingerprint density at radius 1 is 1.31 bits per heavy atom. The van der Waals surface area contributed by atoms with Crippen molar-refractivity contribution in [2.75, 3.05) is 6.54 Å². The predicted octanol–water partition coefficient (Wildman–Crippen LogP) is 3.20. The molecule has 1 N–H and O–H groups in total. The lowest BCUT2D eigenvalue weighted by Gasteiger charge is -2.33. The van der Waals surface area contributed by atoms with Crippen LogP contribution in [0.3, 0.4) is 0 Å². The van der Waals surface area contributed by atoms with Crippen molar-refractivity contribution in [1.29, 1.82) is 0 Å². The normalized spacial score (nSPS) is 31.6. The average molecular weight is 183 g/mol. The van der Waals surface area contributed by atoms with Crippen LogP contribution < -0.4 is 5.32 Å². The van der Waals surface area contributed by atoms with E-state index in [0.717, 1.165) is 17.9 Å². The number of piperidine rings is 1. The Hall–Kier alpha value is -0.0400. The van der Waals surface area contributed by atoms with Crippen molar-refractivity contribution in [3.05, 3.63) is 0 Å². The third-order valence-corrected chi connectivity index (χ3v) is 3.55. The molecule has 0 amide bonds. The summed E-state index contributed by atoms with van der Waals surface area (Å²) in [6.07, 6.45) is 6.98. The van der Waals surface area contributed by atoms with Gasteiger partial charge in [-0.1, -0.05) is 33.1 Å². The van der Waals surface area contributed by atoms with Gasteiger partial charge in [-0.2, -0.15) is 0 Å². The zero-order valence-electron chi connectivity index (χ0n) is 9.47. The van der Waals surface area contributed by atoms with Crippen molar-refractivity contribution in [3.8, 4) is 0 Å². The second-order valence-electron chi connectivity index (χ2n) is 4.60. The standard InChI is InChI=1S/C12H25N/c1-4-6-11(5-2)12-8-7-10(3)13-9-12/h10-13H,4-9H2,1-3H3/t10-,11?,12?/m0/s1. The molecule has 0 radical (unpaired) electrons. The van der Waals surface area contributed by atoms with E-state index in [1.807, 2.05) is 0 Å². The van der Waals surface area contributed by atoms with E-state index in [-0.39, 0.29) is 0 Å². The first-order valence-electron chi connectivity index (χ1n) is 6.01. The van der Waals surface area contributed by atoms with E-state index >= 15 is 0 Å². The molecule has 1 rings (SSSR count). The Kier molecular flexibility index (Phi) is 4.79. The molecule has 1 fully saturated rings. The minimum absolute atomic E-state index is 0.760. The van der Waals surface area contributed by atoms with E-state index < -0.39 is 0 Å². The minimum Gasteiger partial charge on any atom is -0.314 e. The van der Waals surface area contributed by atoms with Gasteiger partial charge in [0, 0.05) is 6.04 Å². The molecule has 1 aliphatic rings. The lowest BCUT2D eigenvalue weighted by atomic mass is 9.80. The summed E-state index contributed by atoms with van der Waals surface area (Å²) in [5.41, 5.74) is 0. The molecule has 0 aromatic rings. The molecule has 78 valence electrons. The highest BCUT2D eigenvalue weighted by atomic mass is 14.9. The molecule has 1 heteroatoms. The monoisotopic (exact) mass is 183 g/mol. The summed E-state index contributed by atoms with van der Waals surface area (Å²) in [6, 6.07) is 0.760. The van der Waals surface area contributed by atoms with Crippen LogP contribution in [0, 0.1) is 11.8 Å². The molecule has 13 heavy (non-hydrogen) atoms. The van der Waals surface area contributed by atoms with Crippen molar-refractivity contribution < 1.29 is 0 Å². The highest BCUT2D eigenvalue weighted by molar-refractivity contribution is 4.79. The first-order chi connectivity index (χ1) is 6.27. The summed E-state index contributed by atoms with van der Waals surface area (Å²) in [4.78, 5) is 0. The number of rotatable bonds is 4. The number of hydrogen-bond acceptors (Lipinski definition) is 1. The van der Waals surface area contributed by atoms with Crippen LogP contribution in [0.25, 0.3) is 0 Å². The minimum atomic E-state index is 0.760. The molecule has 1 nitrogen and oxygen atoms in total. The van der Waals surface area contributed by atoms with Crippen LogP contribution >= 0.6 is 0 Å². The van der Waals surface area contributed by atoms with Gasteiger partial charge in [-0.25, -0.2) is 0 Å². The van der Waals surface area contributed by atoms with Crippen LogP contribution in [0.15, 0.2) is 0 Å². The summed E-state index contributed by atoms with van der Waals surface area (Å²) in [7, 11) is 0. The Morgan fingerprint density at radius 2 is 2.08 bits per heavy atom. The van der Waals surface area contributed by atoms with Gasteiger partial charge >= 0.3 is 0 Å². The average Bonchev–Trinajstić information content (AvgIpc) is 2.16. The Balaban J connectivity index is 2.32. The maximum atomic E-state index is 3.61. The van der Waals surface area contributed by atoms with Crippen LogP contribution in [0.5, 0.6) is 0 Å². The third-order valence-electron chi connectivity index (χ3n) is 3.55. The molecule has 1 saturated heterocycles. The smallest absolute Gasteiger partial charge is 0.00389 e. The van der Waals surface area contributed by atoms with Crippen LogP contribution in [0.4, 0.5) is 0 Å². The topological polar surface area (TPSA) is 12.0 Å². The summed E-state index contributed by atoms with van der Waals surface area (Å²) < 4.78 is 0. The van der Waals surface area contributed by atoms with Gasteiger partial charge in [0.05, 0.1) is 0 Å². The maximum absolute atomic E-state index is 3.61. The molecule has 3 atom stereocenters. The van der Waals surface area contributed by atoms with Crippen molar-refractivity contribution in [3.63, 3.8) is 0 Å². The van der Waals surface area contributed by atoms with E-state index in [0.29, 0.717) is 0 Å². The van der Waals surface area contributed by atoms with Crippen LogP contribution in [-0.4, -0.2) is 12.6 Å². The van der Waals surface area contributed by atoms with Gasteiger partial charge in [-0.3, -0.25) is 0 Å². The largest absolute Gasteiger partial charge is 0.314 e. The molecule has 0 aromatic heterocycles. The molecule has 1 heterocycles. The first kappa shape index (κ1) is 11.0. The SMILES string of the molecule is CCCC(CC)C1CC[C@H](C)NC1. The van der Waals surface area contributed by atoms with Gasteiger partial charge in [0.2, 0.25) is 0 Å². The maximum Gasteiger partial charge on any atom is 0.00389 e. The molecule has 0 aliphatic carbocycles. The summed E-state index contributed by atoms with van der Waals surface area (Å²) >= 11 is 0. The van der Waals surface area contributed by atoms with Crippen molar-refractivity contribution in [2.24, 2.45) is 11.8 Å².